The molecule has 3 heterocycles. The molecule has 0 spiro atoms. The van der Waals surface area contributed by atoms with Crippen molar-refractivity contribution in [3.63, 3.8) is 0 Å². The first-order valence-corrected chi connectivity index (χ1v) is 19.9. The molecule has 5 unspecified atom stereocenters. The molecule has 0 aromatic heterocycles. The minimum atomic E-state index is -2.01. The molecule has 0 aromatic rings. The van der Waals surface area contributed by atoms with E-state index >= 15 is 0 Å². The number of ketones is 1. The zero-order valence-electron chi connectivity index (χ0n) is 35.5. The molecule has 18 atom stereocenters. The van der Waals surface area contributed by atoms with Crippen molar-refractivity contribution in [2.45, 2.75) is 193 Å². The zero-order chi connectivity index (χ0) is 42.0. The number of carbonyl (C=O) groups excluding carboxylic acids is 3. The molecule has 15 heteroatoms. The first-order chi connectivity index (χ1) is 25.4. The average molecular weight is 790 g/mol. The summed E-state index contributed by atoms with van der Waals surface area (Å²) in [6.07, 6.45) is -9.68. The molecule has 0 bridgehead atoms. The maximum absolute atomic E-state index is 14.2. The molecule has 3 aliphatic heterocycles. The number of methoxy groups -OCH3 is 1. The molecule has 0 amide bonds. The predicted molar refractivity (Wildman–Crippen MR) is 200 cm³/mol. The minimum absolute atomic E-state index is 0.0760. The largest absolute Gasteiger partial charge is 0.459 e. The highest BCUT2D eigenvalue weighted by atomic mass is 16.7. The average Bonchev–Trinajstić information content (AvgIpc) is 3.11. The van der Waals surface area contributed by atoms with Gasteiger partial charge >= 0.3 is 11.9 Å². The van der Waals surface area contributed by atoms with Gasteiger partial charge in [-0.3, -0.25) is 14.4 Å². The molecule has 0 saturated carbocycles. The Morgan fingerprint density at radius 1 is 0.891 bits per heavy atom. The number of likely N-dealkylation sites (N-methyl/N-ethyl adjacent to an activating group) is 1. The van der Waals surface area contributed by atoms with Gasteiger partial charge in [0.1, 0.15) is 23.6 Å². The van der Waals surface area contributed by atoms with Crippen LogP contribution in [0.2, 0.25) is 0 Å². The highest BCUT2D eigenvalue weighted by Crippen LogP contribution is 2.41. The van der Waals surface area contributed by atoms with E-state index in [-0.39, 0.29) is 37.8 Å². The van der Waals surface area contributed by atoms with E-state index in [0.29, 0.717) is 6.42 Å². The van der Waals surface area contributed by atoms with Crippen LogP contribution in [0.15, 0.2) is 0 Å². The van der Waals surface area contributed by atoms with Gasteiger partial charge in [0.05, 0.1) is 53.7 Å². The quantitative estimate of drug-likeness (QED) is 0.249. The lowest BCUT2D eigenvalue weighted by molar-refractivity contribution is -0.319. The van der Waals surface area contributed by atoms with Gasteiger partial charge in [0, 0.05) is 37.7 Å². The number of Topliss-reactive ketones (excluding diaryl/α,β-unsaturated/α-hetero) is 1. The van der Waals surface area contributed by atoms with Gasteiger partial charge in [-0.15, -0.1) is 0 Å². The maximum Gasteiger partial charge on any atom is 0.311 e. The van der Waals surface area contributed by atoms with Crippen LogP contribution in [0.1, 0.15) is 108 Å². The van der Waals surface area contributed by atoms with Gasteiger partial charge in [0.25, 0.3) is 0 Å². The number of aliphatic hydroxyl groups is 4. The Morgan fingerprint density at radius 3 is 2.05 bits per heavy atom. The van der Waals surface area contributed by atoms with Crippen molar-refractivity contribution in [1.29, 1.82) is 0 Å². The molecule has 4 N–H and O–H groups in total. The molecule has 3 fully saturated rings. The van der Waals surface area contributed by atoms with E-state index in [9.17, 15) is 34.8 Å². The molecular weight excluding hydrogens is 718 g/mol. The third-order valence-electron chi connectivity index (χ3n) is 12.4. The molecule has 0 aliphatic carbocycles. The number of carbonyl (C=O) groups is 3. The van der Waals surface area contributed by atoms with Gasteiger partial charge < -0.3 is 58.5 Å². The smallest absolute Gasteiger partial charge is 0.311 e. The highest BCUT2D eigenvalue weighted by molar-refractivity contribution is 5.83. The fourth-order valence-corrected chi connectivity index (χ4v) is 8.76. The number of hydrogen-bond donors (Lipinski definition) is 4. The summed E-state index contributed by atoms with van der Waals surface area (Å²) in [7, 11) is 5.21. The van der Waals surface area contributed by atoms with E-state index in [1.165, 1.54) is 27.9 Å². The van der Waals surface area contributed by atoms with Gasteiger partial charge in [-0.25, -0.2) is 0 Å². The van der Waals surface area contributed by atoms with Crippen LogP contribution >= 0.6 is 0 Å². The van der Waals surface area contributed by atoms with Crippen molar-refractivity contribution in [1.82, 2.24) is 4.90 Å². The Labute approximate surface area is 327 Å². The van der Waals surface area contributed by atoms with Gasteiger partial charge in [0.2, 0.25) is 0 Å². The van der Waals surface area contributed by atoms with Crippen molar-refractivity contribution >= 4 is 17.7 Å². The molecular formula is C40H71NO14. The summed E-state index contributed by atoms with van der Waals surface area (Å²) in [6.45, 7) is 18.0. The third kappa shape index (κ3) is 10.6. The van der Waals surface area contributed by atoms with E-state index in [1.54, 1.807) is 48.5 Å². The summed E-state index contributed by atoms with van der Waals surface area (Å²) in [5.74, 6) is -5.59. The Kier molecular flexibility index (Phi) is 16.3. The van der Waals surface area contributed by atoms with Crippen LogP contribution in [-0.2, 0) is 47.5 Å². The summed E-state index contributed by atoms with van der Waals surface area (Å²) >= 11 is 0. The second kappa shape index (κ2) is 18.9. The standard InChI is InChI=1S/C40H71NO14/c1-15-27-40(11,48)33(44)22(5)30(43)20(3)18-38(9,47)35(55-37-32(53-28(42)16-2)26(41(12)13)17-21(4)50-37)23(6)31(24(7)36(46)52-27)54-29-19-39(10,49-14)34(45)25(8)51-29/h20-27,29,31-35,37,44-45,47-48H,15-19H2,1-14H3/t20-,21?,22+,23+,24-,25?,26?,27-,29?,31+,32?,33-,34+,35-,37+,38-,39+,40-/m1/s1. The van der Waals surface area contributed by atoms with Gasteiger partial charge in [-0.05, 0) is 74.9 Å². The van der Waals surface area contributed by atoms with E-state index in [0.717, 1.165) is 0 Å². The topological polar surface area (TPSA) is 200 Å². The Hall–Kier alpha value is -1.79. The van der Waals surface area contributed by atoms with E-state index < -0.39 is 114 Å². The lowest BCUT2D eigenvalue weighted by Crippen LogP contribution is -2.61. The predicted octanol–water partition coefficient (Wildman–Crippen LogP) is 2.75. The van der Waals surface area contributed by atoms with Gasteiger partial charge in [0.15, 0.2) is 18.7 Å². The van der Waals surface area contributed by atoms with Crippen LogP contribution in [0.3, 0.4) is 0 Å². The SMILES string of the molecule is CCC(=O)OC1C(N(C)C)CC(C)O[C@H]1O[C@@H]1[C@@H](C)[C@H](OC2C[C@](C)(OC)[C@@H](O)C(C)O2)[C@@H](C)C(=O)O[C@H](CC)[C@@](C)(O)[C@H](O)[C@@H](C)C(=O)[C@H](C)C[C@@]1(C)O. The maximum atomic E-state index is 14.2. The number of esters is 2. The number of hydrogen-bond acceptors (Lipinski definition) is 15. The molecule has 0 aromatic carbocycles. The second-order valence-electron chi connectivity index (χ2n) is 17.3. The van der Waals surface area contributed by atoms with Crippen molar-refractivity contribution in [2.75, 3.05) is 21.2 Å². The van der Waals surface area contributed by atoms with Gasteiger partial charge in [-0.1, -0.05) is 34.6 Å². The van der Waals surface area contributed by atoms with E-state index in [1.807, 2.05) is 25.9 Å². The molecule has 3 saturated heterocycles. The number of rotatable bonds is 9. The van der Waals surface area contributed by atoms with Crippen LogP contribution in [0.4, 0.5) is 0 Å². The number of cyclic esters (lactones) is 1. The minimum Gasteiger partial charge on any atom is -0.459 e. The lowest BCUT2D eigenvalue weighted by Gasteiger charge is -2.49. The van der Waals surface area contributed by atoms with Crippen molar-refractivity contribution < 1.29 is 68.0 Å². The first-order valence-electron chi connectivity index (χ1n) is 19.9. The van der Waals surface area contributed by atoms with Crippen LogP contribution < -0.4 is 0 Å². The Bertz CT molecular complexity index is 1290. The Morgan fingerprint density at radius 2 is 1.51 bits per heavy atom. The second-order valence-corrected chi connectivity index (χ2v) is 17.3. The summed E-state index contributed by atoms with van der Waals surface area (Å²) in [5.41, 5.74) is -4.92. The molecule has 320 valence electrons. The van der Waals surface area contributed by atoms with Gasteiger partial charge in [-0.2, -0.15) is 0 Å². The van der Waals surface area contributed by atoms with E-state index in [4.69, 9.17) is 33.2 Å². The fraction of sp³-hybridized carbons (Fsp3) is 0.925. The molecule has 3 rings (SSSR count). The lowest BCUT2D eigenvalue weighted by atomic mass is 9.74. The third-order valence-corrected chi connectivity index (χ3v) is 12.4. The monoisotopic (exact) mass is 789 g/mol. The number of nitrogens with zero attached hydrogens (tertiary/aromatic N) is 1. The van der Waals surface area contributed by atoms with Crippen LogP contribution in [0.25, 0.3) is 0 Å². The molecule has 15 nitrogen and oxygen atoms in total. The summed E-state index contributed by atoms with van der Waals surface area (Å²) in [4.78, 5) is 42.9. The van der Waals surface area contributed by atoms with Crippen molar-refractivity contribution in [3.8, 4) is 0 Å². The van der Waals surface area contributed by atoms with Crippen LogP contribution in [0, 0.1) is 23.7 Å². The summed E-state index contributed by atoms with van der Waals surface area (Å²) in [5, 5.41) is 46.6. The highest BCUT2D eigenvalue weighted by Gasteiger charge is 2.54. The van der Waals surface area contributed by atoms with Crippen LogP contribution in [-0.4, -0.2) is 149 Å². The summed E-state index contributed by atoms with van der Waals surface area (Å²) < 4.78 is 43.6. The van der Waals surface area contributed by atoms with Crippen molar-refractivity contribution in [3.05, 3.63) is 0 Å². The first kappa shape index (κ1) is 47.6. The van der Waals surface area contributed by atoms with Crippen molar-refractivity contribution in [2.24, 2.45) is 23.7 Å². The summed E-state index contributed by atoms with van der Waals surface area (Å²) in [6, 6.07) is -0.319. The van der Waals surface area contributed by atoms with Crippen LogP contribution in [0.5, 0.6) is 0 Å². The molecule has 0 radical (unpaired) electrons. The number of aliphatic hydroxyl groups excluding tert-OH is 2. The molecule has 55 heavy (non-hydrogen) atoms. The fourth-order valence-electron chi connectivity index (χ4n) is 8.76. The van der Waals surface area contributed by atoms with E-state index in [2.05, 4.69) is 0 Å². The zero-order valence-corrected chi connectivity index (χ0v) is 35.5. The molecule has 3 aliphatic rings. The number of ether oxygens (including phenoxy) is 7. The Balaban J connectivity index is 2.24. The normalized spacial score (nSPS) is 46.9.